The molecule has 1 heterocycles. The van der Waals surface area contributed by atoms with E-state index in [0.717, 1.165) is 29.2 Å². The van der Waals surface area contributed by atoms with Crippen LogP contribution in [0.1, 0.15) is 36.1 Å². The van der Waals surface area contributed by atoms with Crippen LogP contribution >= 0.6 is 11.6 Å². The predicted molar refractivity (Wildman–Crippen MR) is 107 cm³/mol. The van der Waals surface area contributed by atoms with E-state index in [1.807, 2.05) is 19.1 Å². The smallest absolute Gasteiger partial charge is 0.450 e. The number of aryl methyl sites for hydroxylation is 1. The van der Waals surface area contributed by atoms with Gasteiger partial charge in [-0.05, 0) is 48.2 Å². The molecule has 0 radical (unpaired) electrons. The second kappa shape index (κ2) is 8.63. The Kier molecular flexibility index (Phi) is 6.24. The lowest BCUT2D eigenvalue weighted by atomic mass is 10.0. The number of anilines is 1. The molecule has 144 valence electrons. The van der Waals surface area contributed by atoms with Gasteiger partial charge in [0.1, 0.15) is 6.10 Å². The van der Waals surface area contributed by atoms with Gasteiger partial charge in [0.2, 0.25) is 0 Å². The highest BCUT2D eigenvalue weighted by Gasteiger charge is 2.29. The molecular weight excluding hydrogens is 364 g/mol. The molecule has 3 rings (SSSR count). The zero-order valence-corrected chi connectivity index (χ0v) is 16.4. The van der Waals surface area contributed by atoms with Crippen molar-refractivity contribution in [2.45, 2.75) is 39.0 Å². The van der Waals surface area contributed by atoms with Crippen molar-refractivity contribution in [3.63, 3.8) is 0 Å². The Bertz CT molecular complexity index is 806. The van der Waals surface area contributed by atoms with E-state index in [1.54, 1.807) is 0 Å². The first kappa shape index (κ1) is 19.5. The average Bonchev–Trinajstić information content (AvgIpc) is 2.60. The normalized spacial score (nSPS) is 15.8. The van der Waals surface area contributed by atoms with Gasteiger partial charge in [-0.3, -0.25) is 4.90 Å². The number of hydrogen-bond donors (Lipinski definition) is 2. The zero-order chi connectivity index (χ0) is 19.4. The molecule has 2 N–H and O–H groups in total. The Balaban J connectivity index is 1.61. The third-order valence-electron chi connectivity index (χ3n) is 4.86. The molecule has 0 amide bonds. The first-order valence-electron chi connectivity index (χ1n) is 9.18. The second-order valence-electron chi connectivity index (χ2n) is 7.01. The summed E-state index contributed by atoms with van der Waals surface area (Å²) in [4.78, 5) is 12.7. The molecule has 1 saturated heterocycles. The monoisotopic (exact) mass is 388 g/mol. The van der Waals surface area contributed by atoms with Crippen LogP contribution in [0.4, 0.5) is 10.5 Å². The molecule has 5 nitrogen and oxygen atoms in total. The maximum Gasteiger partial charge on any atom is 0.506 e. The van der Waals surface area contributed by atoms with E-state index in [1.165, 1.54) is 11.1 Å². The van der Waals surface area contributed by atoms with Crippen molar-refractivity contribution in [1.29, 1.82) is 0 Å². The minimum Gasteiger partial charge on any atom is -0.450 e. The molecule has 0 aliphatic carbocycles. The van der Waals surface area contributed by atoms with Crippen LogP contribution in [-0.4, -0.2) is 35.4 Å². The van der Waals surface area contributed by atoms with Crippen molar-refractivity contribution in [3.8, 4) is 0 Å². The number of benzene rings is 2. The molecule has 0 saturated carbocycles. The summed E-state index contributed by atoms with van der Waals surface area (Å²) in [6, 6.07) is 14.7. The van der Waals surface area contributed by atoms with Crippen LogP contribution in [0.2, 0.25) is 5.02 Å². The lowest BCUT2D eigenvalue weighted by Gasteiger charge is -2.37. The summed E-state index contributed by atoms with van der Waals surface area (Å²) in [7, 11) is 0. The molecular formula is C21H25ClN2O3. The Morgan fingerprint density at radius 2 is 2.11 bits per heavy atom. The fourth-order valence-electron chi connectivity index (χ4n) is 3.39. The van der Waals surface area contributed by atoms with Crippen molar-refractivity contribution in [3.05, 3.63) is 64.2 Å². The molecule has 0 spiro atoms. The molecule has 2 aromatic carbocycles. The van der Waals surface area contributed by atoms with Crippen molar-refractivity contribution in [1.82, 2.24) is 4.90 Å². The maximum atomic E-state index is 10.5. The molecule has 0 aromatic heterocycles. The third kappa shape index (κ3) is 5.15. The van der Waals surface area contributed by atoms with Gasteiger partial charge in [-0.2, -0.15) is 0 Å². The third-order valence-corrected chi connectivity index (χ3v) is 5.28. The minimum atomic E-state index is -1.20. The second-order valence-corrected chi connectivity index (χ2v) is 7.42. The van der Waals surface area contributed by atoms with Gasteiger partial charge in [-0.1, -0.05) is 42.8 Å². The number of likely N-dealkylation sites (tertiary alicyclic amines) is 1. The van der Waals surface area contributed by atoms with Crippen LogP contribution in [-0.2, 0) is 11.3 Å². The van der Waals surface area contributed by atoms with E-state index in [9.17, 15) is 4.79 Å². The van der Waals surface area contributed by atoms with Crippen molar-refractivity contribution in [2.24, 2.45) is 0 Å². The van der Waals surface area contributed by atoms with E-state index in [4.69, 9.17) is 21.4 Å². The number of ether oxygens (including phenoxy) is 1. The standard InChI is InChI=1S/C21H25ClN2O3/c1-3-20(16-7-8-19(22)14(2)9-16)23-17-6-4-5-15(10-17)11-24-12-18(13-24)27-21(25)26/h4-10,18,20,23H,3,11-13H2,1-2H3,(H,25,26)/t20-/m1/s1. The van der Waals surface area contributed by atoms with E-state index in [2.05, 4.69) is 47.5 Å². The quantitative estimate of drug-likeness (QED) is 0.647. The molecule has 6 heteroatoms. The molecule has 1 atom stereocenters. The molecule has 0 bridgehead atoms. The maximum absolute atomic E-state index is 10.5. The van der Waals surface area contributed by atoms with Gasteiger partial charge < -0.3 is 15.2 Å². The molecule has 2 aromatic rings. The van der Waals surface area contributed by atoms with E-state index in [-0.39, 0.29) is 12.1 Å². The van der Waals surface area contributed by atoms with Crippen LogP contribution < -0.4 is 5.32 Å². The van der Waals surface area contributed by atoms with Gasteiger partial charge in [-0.25, -0.2) is 4.79 Å². The number of nitrogens with zero attached hydrogens (tertiary/aromatic N) is 1. The van der Waals surface area contributed by atoms with Crippen LogP contribution in [0, 0.1) is 6.92 Å². The zero-order valence-electron chi connectivity index (χ0n) is 15.6. The lowest BCUT2D eigenvalue weighted by Crippen LogP contribution is -2.52. The number of rotatable bonds is 7. The number of carbonyl (C=O) groups is 1. The van der Waals surface area contributed by atoms with E-state index >= 15 is 0 Å². The molecule has 0 unspecified atom stereocenters. The van der Waals surface area contributed by atoms with Crippen molar-refractivity contribution in [2.75, 3.05) is 18.4 Å². The van der Waals surface area contributed by atoms with Crippen LogP contribution in [0.15, 0.2) is 42.5 Å². The fraction of sp³-hybridized carbons (Fsp3) is 0.381. The number of carboxylic acid groups (broad SMARTS) is 1. The summed E-state index contributed by atoms with van der Waals surface area (Å²) in [6.45, 7) is 6.25. The van der Waals surface area contributed by atoms with Gasteiger partial charge in [-0.15, -0.1) is 0 Å². The highest BCUT2D eigenvalue weighted by atomic mass is 35.5. The fourth-order valence-corrected chi connectivity index (χ4v) is 3.51. The Hall–Kier alpha value is -2.24. The Morgan fingerprint density at radius 1 is 1.33 bits per heavy atom. The first-order valence-corrected chi connectivity index (χ1v) is 9.56. The van der Waals surface area contributed by atoms with Gasteiger partial charge in [0.25, 0.3) is 0 Å². The summed E-state index contributed by atoms with van der Waals surface area (Å²) in [5, 5.41) is 13.0. The first-order chi connectivity index (χ1) is 12.9. The summed E-state index contributed by atoms with van der Waals surface area (Å²) in [5.41, 5.74) is 4.57. The van der Waals surface area contributed by atoms with Crippen molar-refractivity contribution >= 4 is 23.4 Å². The minimum absolute atomic E-state index is 0.207. The average molecular weight is 389 g/mol. The van der Waals surface area contributed by atoms with Crippen molar-refractivity contribution < 1.29 is 14.6 Å². The Morgan fingerprint density at radius 3 is 2.78 bits per heavy atom. The highest BCUT2D eigenvalue weighted by molar-refractivity contribution is 6.31. The number of hydrogen-bond acceptors (Lipinski definition) is 4. The summed E-state index contributed by atoms with van der Waals surface area (Å²) < 4.78 is 4.77. The van der Waals surface area contributed by atoms with Gasteiger partial charge in [0.15, 0.2) is 0 Å². The summed E-state index contributed by atoms with van der Waals surface area (Å²) in [6.07, 6.45) is -0.443. The predicted octanol–water partition coefficient (Wildman–Crippen LogP) is 5.09. The molecule has 1 aliphatic rings. The van der Waals surface area contributed by atoms with Crippen LogP contribution in [0.3, 0.4) is 0 Å². The van der Waals surface area contributed by atoms with E-state index < -0.39 is 6.16 Å². The number of nitrogens with one attached hydrogen (secondary N) is 1. The van der Waals surface area contributed by atoms with Gasteiger partial charge >= 0.3 is 6.16 Å². The van der Waals surface area contributed by atoms with Crippen LogP contribution in [0.25, 0.3) is 0 Å². The Labute approximate surface area is 164 Å². The van der Waals surface area contributed by atoms with Gasteiger partial charge in [0.05, 0.1) is 6.04 Å². The van der Waals surface area contributed by atoms with E-state index in [0.29, 0.717) is 13.1 Å². The van der Waals surface area contributed by atoms with Gasteiger partial charge in [0, 0.05) is 30.3 Å². The van der Waals surface area contributed by atoms with Crippen LogP contribution in [0.5, 0.6) is 0 Å². The molecule has 27 heavy (non-hydrogen) atoms. The number of halogens is 1. The highest BCUT2D eigenvalue weighted by Crippen LogP contribution is 2.27. The SMILES string of the molecule is CC[C@@H](Nc1cccc(CN2CC(OC(=O)O)C2)c1)c1ccc(Cl)c(C)c1. The lowest BCUT2D eigenvalue weighted by molar-refractivity contribution is -0.0363. The largest absolute Gasteiger partial charge is 0.506 e. The molecule has 1 aliphatic heterocycles. The summed E-state index contributed by atoms with van der Waals surface area (Å²) in [5.74, 6) is 0. The summed E-state index contributed by atoms with van der Waals surface area (Å²) >= 11 is 6.15. The topological polar surface area (TPSA) is 61.8 Å². The molecule has 1 fully saturated rings.